The molecule has 1 unspecified atom stereocenters. The summed E-state index contributed by atoms with van der Waals surface area (Å²) in [6.45, 7) is 3.72. The standard InChI is InChI=1S/C21H21NO3S/c1-15-11-13-18(14-12-15)26(24,25)22-20-16(2)7-6-10-19(20)21(23)17-8-4-3-5-9-17/h3-14,21-23H,1-2H3. The predicted octanol–water partition coefficient (Wildman–Crippen LogP) is 4.19. The fourth-order valence-corrected chi connectivity index (χ4v) is 3.94. The largest absolute Gasteiger partial charge is 0.384 e. The van der Waals surface area contributed by atoms with Crippen molar-refractivity contribution in [2.75, 3.05) is 4.72 Å². The molecule has 0 aromatic heterocycles. The number of aliphatic hydroxyl groups excluding tert-OH is 1. The maximum Gasteiger partial charge on any atom is 0.261 e. The summed E-state index contributed by atoms with van der Waals surface area (Å²) in [4.78, 5) is 0.187. The number of hydrogen-bond acceptors (Lipinski definition) is 3. The van der Waals surface area contributed by atoms with Crippen LogP contribution < -0.4 is 4.72 Å². The highest BCUT2D eigenvalue weighted by Crippen LogP contribution is 2.32. The van der Waals surface area contributed by atoms with Crippen LogP contribution in [-0.4, -0.2) is 13.5 Å². The highest BCUT2D eigenvalue weighted by Gasteiger charge is 2.21. The van der Waals surface area contributed by atoms with Gasteiger partial charge >= 0.3 is 0 Å². The number of aryl methyl sites for hydroxylation is 2. The van der Waals surface area contributed by atoms with Crippen LogP contribution in [0.5, 0.6) is 0 Å². The van der Waals surface area contributed by atoms with Gasteiger partial charge in [0, 0.05) is 5.56 Å². The van der Waals surface area contributed by atoms with E-state index in [9.17, 15) is 13.5 Å². The Balaban J connectivity index is 2.01. The van der Waals surface area contributed by atoms with E-state index in [2.05, 4.69) is 4.72 Å². The van der Waals surface area contributed by atoms with Crippen molar-refractivity contribution in [2.24, 2.45) is 0 Å². The fraction of sp³-hybridized carbons (Fsp3) is 0.143. The Bertz CT molecular complexity index is 997. The summed E-state index contributed by atoms with van der Waals surface area (Å²) in [7, 11) is -3.75. The predicted molar refractivity (Wildman–Crippen MR) is 104 cm³/mol. The molecule has 0 amide bonds. The van der Waals surface area contributed by atoms with E-state index in [0.29, 0.717) is 16.8 Å². The highest BCUT2D eigenvalue weighted by atomic mass is 32.2. The Labute approximate surface area is 154 Å². The summed E-state index contributed by atoms with van der Waals surface area (Å²) >= 11 is 0. The molecule has 5 heteroatoms. The SMILES string of the molecule is Cc1ccc(S(=O)(=O)Nc2c(C)cccc2C(O)c2ccccc2)cc1. The van der Waals surface area contributed by atoms with E-state index in [-0.39, 0.29) is 4.90 Å². The van der Waals surface area contributed by atoms with Gasteiger partial charge in [0.1, 0.15) is 6.10 Å². The van der Waals surface area contributed by atoms with Gasteiger partial charge in [-0.05, 0) is 37.1 Å². The molecule has 0 spiro atoms. The van der Waals surface area contributed by atoms with Crippen molar-refractivity contribution < 1.29 is 13.5 Å². The van der Waals surface area contributed by atoms with Crippen LogP contribution in [0.15, 0.2) is 77.7 Å². The second-order valence-electron chi connectivity index (χ2n) is 6.27. The lowest BCUT2D eigenvalue weighted by Crippen LogP contribution is -2.16. The average molecular weight is 367 g/mol. The highest BCUT2D eigenvalue weighted by molar-refractivity contribution is 7.92. The van der Waals surface area contributed by atoms with Gasteiger partial charge in [-0.2, -0.15) is 0 Å². The molecule has 0 aliphatic heterocycles. The Morgan fingerprint density at radius 2 is 1.50 bits per heavy atom. The van der Waals surface area contributed by atoms with Crippen molar-refractivity contribution >= 4 is 15.7 Å². The summed E-state index contributed by atoms with van der Waals surface area (Å²) in [5.41, 5.74) is 3.36. The molecule has 134 valence electrons. The third-order valence-electron chi connectivity index (χ3n) is 4.28. The molecule has 26 heavy (non-hydrogen) atoms. The molecular weight excluding hydrogens is 346 g/mol. The zero-order chi connectivity index (χ0) is 18.7. The lowest BCUT2D eigenvalue weighted by Gasteiger charge is -2.19. The molecule has 1 atom stereocenters. The van der Waals surface area contributed by atoms with Gasteiger partial charge in [0.15, 0.2) is 0 Å². The van der Waals surface area contributed by atoms with Crippen LogP contribution in [0.4, 0.5) is 5.69 Å². The second kappa shape index (κ2) is 7.32. The zero-order valence-corrected chi connectivity index (χ0v) is 15.5. The minimum absolute atomic E-state index is 0.187. The van der Waals surface area contributed by atoms with Crippen LogP contribution in [-0.2, 0) is 10.0 Å². The molecule has 3 rings (SSSR count). The first-order valence-electron chi connectivity index (χ1n) is 8.30. The lowest BCUT2D eigenvalue weighted by molar-refractivity contribution is 0.221. The molecule has 0 bridgehead atoms. The molecule has 0 aliphatic carbocycles. The molecule has 0 fully saturated rings. The van der Waals surface area contributed by atoms with Crippen LogP contribution >= 0.6 is 0 Å². The van der Waals surface area contributed by atoms with E-state index in [1.807, 2.05) is 50.2 Å². The van der Waals surface area contributed by atoms with Crippen molar-refractivity contribution in [3.63, 3.8) is 0 Å². The maximum absolute atomic E-state index is 12.8. The number of para-hydroxylation sites is 1. The van der Waals surface area contributed by atoms with E-state index in [0.717, 1.165) is 11.1 Å². The third kappa shape index (κ3) is 3.79. The molecule has 4 nitrogen and oxygen atoms in total. The summed E-state index contributed by atoms with van der Waals surface area (Å²) in [6.07, 6.45) is -0.924. The van der Waals surface area contributed by atoms with Crippen LogP contribution in [0, 0.1) is 13.8 Å². The van der Waals surface area contributed by atoms with Crippen molar-refractivity contribution in [1.29, 1.82) is 0 Å². The van der Waals surface area contributed by atoms with Crippen LogP contribution in [0.2, 0.25) is 0 Å². The van der Waals surface area contributed by atoms with Gasteiger partial charge in [-0.15, -0.1) is 0 Å². The van der Waals surface area contributed by atoms with E-state index in [1.165, 1.54) is 0 Å². The van der Waals surface area contributed by atoms with Gasteiger partial charge in [0.2, 0.25) is 0 Å². The van der Waals surface area contributed by atoms with E-state index < -0.39 is 16.1 Å². The second-order valence-corrected chi connectivity index (χ2v) is 7.95. The van der Waals surface area contributed by atoms with Crippen molar-refractivity contribution in [1.82, 2.24) is 0 Å². The van der Waals surface area contributed by atoms with Gasteiger partial charge in [0.05, 0.1) is 10.6 Å². The zero-order valence-electron chi connectivity index (χ0n) is 14.7. The summed E-state index contributed by atoms with van der Waals surface area (Å²) in [5.74, 6) is 0. The quantitative estimate of drug-likeness (QED) is 0.711. The van der Waals surface area contributed by atoms with Crippen molar-refractivity contribution in [2.45, 2.75) is 24.8 Å². The van der Waals surface area contributed by atoms with E-state index in [1.54, 1.807) is 36.4 Å². The molecule has 0 saturated carbocycles. The van der Waals surface area contributed by atoms with Gasteiger partial charge in [-0.3, -0.25) is 4.72 Å². The molecule has 2 N–H and O–H groups in total. The molecular formula is C21H21NO3S. The Hall–Kier alpha value is -2.63. The number of benzene rings is 3. The van der Waals surface area contributed by atoms with Gasteiger partial charge in [-0.1, -0.05) is 66.2 Å². The third-order valence-corrected chi connectivity index (χ3v) is 5.65. The number of rotatable bonds is 5. The number of hydrogen-bond donors (Lipinski definition) is 2. The van der Waals surface area contributed by atoms with Crippen LogP contribution in [0.3, 0.4) is 0 Å². The number of anilines is 1. The normalized spacial score (nSPS) is 12.6. The maximum atomic E-state index is 12.8. The first-order valence-corrected chi connectivity index (χ1v) is 9.79. The number of aliphatic hydroxyl groups is 1. The molecule has 0 heterocycles. The Morgan fingerprint density at radius 3 is 2.15 bits per heavy atom. The monoisotopic (exact) mass is 367 g/mol. The van der Waals surface area contributed by atoms with Crippen molar-refractivity contribution in [3.05, 3.63) is 95.1 Å². The van der Waals surface area contributed by atoms with E-state index >= 15 is 0 Å². The van der Waals surface area contributed by atoms with Crippen molar-refractivity contribution in [3.8, 4) is 0 Å². The molecule has 0 saturated heterocycles. The topological polar surface area (TPSA) is 66.4 Å². The van der Waals surface area contributed by atoms with Gasteiger partial charge in [0.25, 0.3) is 10.0 Å². The number of nitrogens with one attached hydrogen (secondary N) is 1. The Morgan fingerprint density at radius 1 is 0.846 bits per heavy atom. The summed E-state index contributed by atoms with van der Waals surface area (Å²) < 4.78 is 28.2. The summed E-state index contributed by atoms with van der Waals surface area (Å²) in [5, 5.41) is 10.8. The first-order chi connectivity index (χ1) is 12.4. The molecule has 3 aromatic rings. The minimum Gasteiger partial charge on any atom is -0.384 e. The van der Waals surface area contributed by atoms with Gasteiger partial charge < -0.3 is 5.11 Å². The van der Waals surface area contributed by atoms with E-state index in [4.69, 9.17) is 0 Å². The molecule has 0 radical (unpaired) electrons. The lowest BCUT2D eigenvalue weighted by atomic mass is 9.98. The molecule has 3 aromatic carbocycles. The van der Waals surface area contributed by atoms with Crippen LogP contribution in [0.25, 0.3) is 0 Å². The molecule has 0 aliphatic rings. The van der Waals surface area contributed by atoms with Gasteiger partial charge in [-0.25, -0.2) is 8.42 Å². The minimum atomic E-state index is -3.75. The van der Waals surface area contributed by atoms with Crippen LogP contribution in [0.1, 0.15) is 28.4 Å². The Kier molecular flexibility index (Phi) is 5.11. The average Bonchev–Trinajstić information content (AvgIpc) is 2.64. The summed E-state index contributed by atoms with van der Waals surface area (Å²) in [6, 6.07) is 21.2. The number of sulfonamides is 1. The fourth-order valence-electron chi connectivity index (χ4n) is 2.78. The first kappa shape index (κ1) is 18.2. The smallest absolute Gasteiger partial charge is 0.261 e.